The number of likely N-dealkylation sites (tertiary alicyclic amines) is 1. The molecule has 0 bridgehead atoms. The van der Waals surface area contributed by atoms with E-state index in [4.69, 9.17) is 23.2 Å². The van der Waals surface area contributed by atoms with Gasteiger partial charge in [0.25, 0.3) is 0 Å². The molecule has 3 rings (SSSR count). The van der Waals surface area contributed by atoms with E-state index in [0.717, 1.165) is 49.5 Å². The van der Waals surface area contributed by atoms with Crippen molar-refractivity contribution in [3.63, 3.8) is 0 Å². The SMILES string of the molecule is Cc1cccc(CN2CCCC(C(=O)NCCSCc3c(Cl)cccc3Cl)C2)c1. The van der Waals surface area contributed by atoms with Crippen molar-refractivity contribution >= 4 is 40.9 Å². The van der Waals surface area contributed by atoms with Crippen molar-refractivity contribution in [2.24, 2.45) is 5.92 Å². The lowest BCUT2D eigenvalue weighted by Gasteiger charge is -2.32. The van der Waals surface area contributed by atoms with Gasteiger partial charge in [0.2, 0.25) is 5.91 Å². The zero-order chi connectivity index (χ0) is 20.6. The lowest BCUT2D eigenvalue weighted by Crippen LogP contribution is -2.43. The molecule has 3 nitrogen and oxygen atoms in total. The van der Waals surface area contributed by atoms with Crippen molar-refractivity contribution in [2.75, 3.05) is 25.4 Å². The fraction of sp³-hybridized carbons (Fsp3) is 0.435. The minimum Gasteiger partial charge on any atom is -0.355 e. The number of piperidine rings is 1. The van der Waals surface area contributed by atoms with Gasteiger partial charge in [-0.05, 0) is 49.6 Å². The van der Waals surface area contributed by atoms with Crippen LogP contribution in [0.1, 0.15) is 29.5 Å². The van der Waals surface area contributed by atoms with Gasteiger partial charge in [-0.25, -0.2) is 0 Å². The van der Waals surface area contributed by atoms with Crippen LogP contribution in [0.2, 0.25) is 10.0 Å². The van der Waals surface area contributed by atoms with Crippen LogP contribution in [0, 0.1) is 12.8 Å². The summed E-state index contributed by atoms with van der Waals surface area (Å²) in [4.78, 5) is 15.0. The lowest BCUT2D eigenvalue weighted by atomic mass is 9.96. The fourth-order valence-corrected chi connectivity index (χ4v) is 5.31. The Morgan fingerprint density at radius 1 is 1.21 bits per heavy atom. The van der Waals surface area contributed by atoms with Crippen LogP contribution in [0.3, 0.4) is 0 Å². The summed E-state index contributed by atoms with van der Waals surface area (Å²) in [6.45, 7) is 5.60. The van der Waals surface area contributed by atoms with E-state index >= 15 is 0 Å². The number of carbonyl (C=O) groups excluding carboxylic acids is 1. The minimum atomic E-state index is 0.0802. The zero-order valence-corrected chi connectivity index (χ0v) is 19.1. The quantitative estimate of drug-likeness (QED) is 0.533. The molecule has 6 heteroatoms. The van der Waals surface area contributed by atoms with Crippen LogP contribution in [-0.2, 0) is 17.1 Å². The monoisotopic (exact) mass is 450 g/mol. The van der Waals surface area contributed by atoms with Crippen molar-refractivity contribution in [3.8, 4) is 0 Å². The standard InChI is InChI=1S/C23H28Cl2N2OS/c1-17-5-2-6-18(13-17)14-27-11-4-7-19(15-27)23(28)26-10-12-29-16-20-21(24)8-3-9-22(20)25/h2-3,5-6,8-9,13,19H,4,7,10-12,14-16H2,1H3,(H,26,28). The molecular formula is C23H28Cl2N2OS. The van der Waals surface area contributed by atoms with Crippen molar-refractivity contribution < 1.29 is 4.79 Å². The van der Waals surface area contributed by atoms with Crippen LogP contribution >= 0.6 is 35.0 Å². The largest absolute Gasteiger partial charge is 0.355 e. The molecule has 0 aromatic heterocycles. The average Bonchev–Trinajstić information content (AvgIpc) is 2.70. The smallest absolute Gasteiger partial charge is 0.224 e. The highest BCUT2D eigenvalue weighted by Gasteiger charge is 2.25. The topological polar surface area (TPSA) is 32.3 Å². The Hall–Kier alpha value is -1.20. The molecule has 1 atom stereocenters. The molecule has 0 saturated carbocycles. The van der Waals surface area contributed by atoms with Gasteiger partial charge in [0.15, 0.2) is 0 Å². The maximum absolute atomic E-state index is 12.6. The second kappa shape index (κ2) is 11.3. The predicted molar refractivity (Wildman–Crippen MR) is 125 cm³/mol. The number of halogens is 2. The van der Waals surface area contributed by atoms with E-state index in [-0.39, 0.29) is 11.8 Å². The zero-order valence-electron chi connectivity index (χ0n) is 16.8. The molecule has 1 aliphatic rings. The average molecular weight is 451 g/mol. The number of amides is 1. The molecule has 1 saturated heterocycles. The Balaban J connectivity index is 1.39. The second-order valence-electron chi connectivity index (χ2n) is 7.61. The van der Waals surface area contributed by atoms with Crippen LogP contribution in [0.4, 0.5) is 0 Å². The Morgan fingerprint density at radius 3 is 2.72 bits per heavy atom. The molecule has 0 spiro atoms. The van der Waals surface area contributed by atoms with Crippen LogP contribution in [0.5, 0.6) is 0 Å². The minimum absolute atomic E-state index is 0.0802. The number of hydrogen-bond donors (Lipinski definition) is 1. The first kappa shape index (κ1) is 22.5. The van der Waals surface area contributed by atoms with Crippen LogP contribution in [0.15, 0.2) is 42.5 Å². The second-order valence-corrected chi connectivity index (χ2v) is 9.53. The number of rotatable bonds is 8. The van der Waals surface area contributed by atoms with Gasteiger partial charge in [-0.1, -0.05) is 59.1 Å². The van der Waals surface area contributed by atoms with E-state index in [1.54, 1.807) is 11.8 Å². The molecule has 1 heterocycles. The van der Waals surface area contributed by atoms with Gasteiger partial charge in [-0.15, -0.1) is 0 Å². The van der Waals surface area contributed by atoms with Crippen LogP contribution in [0.25, 0.3) is 0 Å². The third-order valence-electron chi connectivity index (χ3n) is 5.22. The maximum atomic E-state index is 12.6. The molecule has 0 radical (unpaired) electrons. The summed E-state index contributed by atoms with van der Waals surface area (Å²) in [6, 6.07) is 14.2. The summed E-state index contributed by atoms with van der Waals surface area (Å²) in [5.41, 5.74) is 3.57. The first-order valence-electron chi connectivity index (χ1n) is 10.1. The Bertz CT molecular complexity index is 810. The first-order chi connectivity index (χ1) is 14.0. The normalized spacial score (nSPS) is 17.3. The van der Waals surface area contributed by atoms with Gasteiger partial charge in [0, 0.05) is 41.2 Å². The molecule has 1 unspecified atom stereocenters. The van der Waals surface area contributed by atoms with Crippen molar-refractivity contribution in [1.82, 2.24) is 10.2 Å². The summed E-state index contributed by atoms with van der Waals surface area (Å²) in [7, 11) is 0. The molecule has 2 aromatic rings. The summed E-state index contributed by atoms with van der Waals surface area (Å²) >= 11 is 14.1. The summed E-state index contributed by atoms with van der Waals surface area (Å²) in [5.74, 6) is 1.85. The van der Waals surface area contributed by atoms with Gasteiger partial charge >= 0.3 is 0 Å². The molecule has 1 amide bonds. The number of nitrogens with one attached hydrogen (secondary N) is 1. The Labute approximate surface area is 188 Å². The summed E-state index contributed by atoms with van der Waals surface area (Å²) < 4.78 is 0. The van der Waals surface area contributed by atoms with Gasteiger partial charge in [-0.3, -0.25) is 9.69 Å². The maximum Gasteiger partial charge on any atom is 0.224 e. The highest BCUT2D eigenvalue weighted by molar-refractivity contribution is 7.98. The Morgan fingerprint density at radius 2 is 1.97 bits per heavy atom. The molecule has 1 fully saturated rings. The van der Waals surface area contributed by atoms with Crippen LogP contribution < -0.4 is 5.32 Å². The number of thioether (sulfide) groups is 1. The molecule has 29 heavy (non-hydrogen) atoms. The van der Waals surface area contributed by atoms with Gasteiger partial charge < -0.3 is 5.32 Å². The molecule has 1 N–H and O–H groups in total. The van der Waals surface area contributed by atoms with Crippen molar-refractivity contribution in [2.45, 2.75) is 32.1 Å². The number of benzene rings is 2. The molecule has 1 aliphatic heterocycles. The first-order valence-corrected chi connectivity index (χ1v) is 12.0. The van der Waals surface area contributed by atoms with E-state index in [1.165, 1.54) is 11.1 Å². The highest BCUT2D eigenvalue weighted by atomic mass is 35.5. The van der Waals surface area contributed by atoms with Crippen LogP contribution in [-0.4, -0.2) is 36.2 Å². The van der Waals surface area contributed by atoms with E-state index in [2.05, 4.69) is 41.4 Å². The highest BCUT2D eigenvalue weighted by Crippen LogP contribution is 2.28. The van der Waals surface area contributed by atoms with Crippen molar-refractivity contribution in [3.05, 3.63) is 69.2 Å². The molecule has 2 aromatic carbocycles. The molecular weight excluding hydrogens is 423 g/mol. The Kier molecular flexibility index (Phi) is 8.73. The van der Waals surface area contributed by atoms with Gasteiger partial charge in [0.05, 0.1) is 5.92 Å². The fourth-order valence-electron chi connectivity index (χ4n) is 3.72. The summed E-state index contributed by atoms with van der Waals surface area (Å²) in [5, 5.41) is 4.51. The summed E-state index contributed by atoms with van der Waals surface area (Å²) in [6.07, 6.45) is 2.04. The van der Waals surface area contributed by atoms with Gasteiger partial charge in [0.1, 0.15) is 0 Å². The molecule has 0 aliphatic carbocycles. The number of aryl methyl sites for hydroxylation is 1. The third kappa shape index (κ3) is 6.92. The third-order valence-corrected chi connectivity index (χ3v) is 6.91. The van der Waals surface area contributed by atoms with E-state index in [0.29, 0.717) is 16.6 Å². The molecule has 156 valence electrons. The number of hydrogen-bond acceptors (Lipinski definition) is 3. The van der Waals surface area contributed by atoms with E-state index in [1.807, 2.05) is 18.2 Å². The van der Waals surface area contributed by atoms with E-state index in [9.17, 15) is 4.79 Å². The predicted octanol–water partition coefficient (Wildman–Crippen LogP) is 5.56. The van der Waals surface area contributed by atoms with Gasteiger partial charge in [-0.2, -0.15) is 11.8 Å². The van der Waals surface area contributed by atoms with Crippen molar-refractivity contribution in [1.29, 1.82) is 0 Å². The van der Waals surface area contributed by atoms with E-state index < -0.39 is 0 Å². The number of nitrogens with zero attached hydrogens (tertiary/aromatic N) is 1. The lowest BCUT2D eigenvalue weighted by molar-refractivity contribution is -0.126. The number of carbonyl (C=O) groups is 1.